The van der Waals surface area contributed by atoms with Gasteiger partial charge in [-0.1, -0.05) is 30.3 Å². The minimum absolute atomic E-state index is 0.0168. The van der Waals surface area contributed by atoms with Gasteiger partial charge < -0.3 is 15.1 Å². The molecule has 1 aromatic carbocycles. The lowest BCUT2D eigenvalue weighted by molar-refractivity contribution is -0.123. The fourth-order valence-electron chi connectivity index (χ4n) is 3.27. The van der Waals surface area contributed by atoms with Gasteiger partial charge in [-0.25, -0.2) is 0 Å². The molecule has 0 unspecified atom stereocenters. The highest BCUT2D eigenvalue weighted by Crippen LogP contribution is 2.14. The predicted octanol–water partition coefficient (Wildman–Crippen LogP) is 2.54. The third-order valence-corrected chi connectivity index (χ3v) is 4.73. The van der Waals surface area contributed by atoms with Crippen LogP contribution in [-0.4, -0.2) is 36.0 Å². The number of hydrogen-bond donors (Lipinski definition) is 2. The van der Waals surface area contributed by atoms with Gasteiger partial charge in [0.15, 0.2) is 0 Å². The van der Waals surface area contributed by atoms with E-state index < -0.39 is 0 Å². The molecular formula is C20H27N3O2. The summed E-state index contributed by atoms with van der Waals surface area (Å²) in [7, 11) is 0. The third-order valence-electron chi connectivity index (χ3n) is 4.73. The van der Waals surface area contributed by atoms with Gasteiger partial charge in [0.2, 0.25) is 5.91 Å². The van der Waals surface area contributed by atoms with Crippen LogP contribution in [0.1, 0.15) is 31.1 Å². The smallest absolute Gasteiger partial charge is 0.237 e. The Hall–Kier alpha value is -2.11. The minimum atomic E-state index is -0.194. The summed E-state index contributed by atoms with van der Waals surface area (Å²) in [4.78, 5) is 14.7. The second-order valence-electron chi connectivity index (χ2n) is 6.72. The van der Waals surface area contributed by atoms with E-state index in [4.69, 9.17) is 4.42 Å². The number of carbonyl (C=O) groups is 1. The highest BCUT2D eigenvalue weighted by atomic mass is 16.3. The van der Waals surface area contributed by atoms with E-state index >= 15 is 0 Å². The standard InChI is InChI=1S/C20H27N3O2/c1-16(20(24)21-14-19-8-5-13-25-19)22-18-9-11-23(12-10-18)15-17-6-3-2-4-7-17/h2-8,13,16,18,22H,9-12,14-15H2,1H3,(H,21,24)/t16-/m1/s1. The van der Waals surface area contributed by atoms with E-state index in [1.54, 1.807) is 6.26 Å². The van der Waals surface area contributed by atoms with Crippen molar-refractivity contribution in [1.29, 1.82) is 0 Å². The molecule has 134 valence electrons. The van der Waals surface area contributed by atoms with Crippen LogP contribution in [0.5, 0.6) is 0 Å². The second-order valence-corrected chi connectivity index (χ2v) is 6.72. The van der Waals surface area contributed by atoms with Crippen LogP contribution in [0, 0.1) is 0 Å². The zero-order valence-electron chi connectivity index (χ0n) is 14.8. The number of likely N-dealkylation sites (tertiary alicyclic amines) is 1. The van der Waals surface area contributed by atoms with Crippen molar-refractivity contribution in [2.75, 3.05) is 13.1 Å². The Morgan fingerprint density at radius 2 is 1.96 bits per heavy atom. The van der Waals surface area contributed by atoms with E-state index in [1.807, 2.05) is 19.1 Å². The van der Waals surface area contributed by atoms with Gasteiger partial charge in [0.05, 0.1) is 18.8 Å². The summed E-state index contributed by atoms with van der Waals surface area (Å²) >= 11 is 0. The van der Waals surface area contributed by atoms with Crippen molar-refractivity contribution in [1.82, 2.24) is 15.5 Å². The fourth-order valence-corrected chi connectivity index (χ4v) is 3.27. The van der Waals surface area contributed by atoms with E-state index in [0.717, 1.165) is 38.2 Å². The number of furan rings is 1. The molecule has 1 aliphatic rings. The molecule has 0 bridgehead atoms. The second kappa shape index (κ2) is 8.83. The number of nitrogens with zero attached hydrogens (tertiary/aromatic N) is 1. The Balaban J connectivity index is 1.37. The van der Waals surface area contributed by atoms with Crippen LogP contribution >= 0.6 is 0 Å². The van der Waals surface area contributed by atoms with Crippen LogP contribution in [0.3, 0.4) is 0 Å². The first kappa shape index (κ1) is 17.7. The molecule has 0 aliphatic carbocycles. The lowest BCUT2D eigenvalue weighted by atomic mass is 10.0. The predicted molar refractivity (Wildman–Crippen MR) is 97.9 cm³/mol. The van der Waals surface area contributed by atoms with Crippen molar-refractivity contribution >= 4 is 5.91 Å². The van der Waals surface area contributed by atoms with Gasteiger partial charge in [0.1, 0.15) is 5.76 Å². The average Bonchev–Trinajstić information content (AvgIpc) is 3.16. The van der Waals surface area contributed by atoms with E-state index in [0.29, 0.717) is 12.6 Å². The molecule has 5 nitrogen and oxygen atoms in total. The Kier molecular flexibility index (Phi) is 6.25. The average molecular weight is 341 g/mol. The number of carbonyl (C=O) groups excluding carboxylic acids is 1. The number of hydrogen-bond acceptors (Lipinski definition) is 4. The lowest BCUT2D eigenvalue weighted by Crippen LogP contribution is -2.50. The normalized spacial score (nSPS) is 17.3. The van der Waals surface area contributed by atoms with Gasteiger partial charge in [-0.3, -0.25) is 9.69 Å². The summed E-state index contributed by atoms with van der Waals surface area (Å²) in [6.45, 7) is 5.49. The van der Waals surface area contributed by atoms with E-state index in [1.165, 1.54) is 5.56 Å². The number of piperidine rings is 1. The molecular weight excluding hydrogens is 314 g/mol. The van der Waals surface area contributed by atoms with E-state index in [9.17, 15) is 4.79 Å². The number of amides is 1. The van der Waals surface area contributed by atoms with Gasteiger partial charge in [0.25, 0.3) is 0 Å². The highest BCUT2D eigenvalue weighted by Gasteiger charge is 2.22. The first-order valence-corrected chi connectivity index (χ1v) is 9.03. The lowest BCUT2D eigenvalue weighted by Gasteiger charge is -2.33. The van der Waals surface area contributed by atoms with E-state index in [2.05, 4.69) is 45.9 Å². The van der Waals surface area contributed by atoms with Gasteiger partial charge >= 0.3 is 0 Å². The molecule has 25 heavy (non-hydrogen) atoms. The molecule has 1 fully saturated rings. The molecule has 1 amide bonds. The summed E-state index contributed by atoms with van der Waals surface area (Å²) in [5.74, 6) is 0.790. The molecule has 0 spiro atoms. The van der Waals surface area contributed by atoms with Crippen molar-refractivity contribution in [2.45, 2.75) is 44.9 Å². The van der Waals surface area contributed by atoms with Crippen molar-refractivity contribution in [3.8, 4) is 0 Å². The van der Waals surface area contributed by atoms with E-state index in [-0.39, 0.29) is 11.9 Å². The highest BCUT2D eigenvalue weighted by molar-refractivity contribution is 5.81. The van der Waals surface area contributed by atoms with Crippen LogP contribution in [-0.2, 0) is 17.9 Å². The van der Waals surface area contributed by atoms with Gasteiger partial charge in [-0.2, -0.15) is 0 Å². The summed E-state index contributed by atoms with van der Waals surface area (Å²) < 4.78 is 5.23. The number of nitrogens with one attached hydrogen (secondary N) is 2. The Morgan fingerprint density at radius 1 is 1.20 bits per heavy atom. The summed E-state index contributed by atoms with van der Waals surface area (Å²) in [5, 5.41) is 6.37. The zero-order chi connectivity index (χ0) is 17.5. The maximum Gasteiger partial charge on any atom is 0.237 e. The Morgan fingerprint density at radius 3 is 2.64 bits per heavy atom. The van der Waals surface area contributed by atoms with Crippen molar-refractivity contribution in [3.05, 3.63) is 60.1 Å². The SMILES string of the molecule is C[C@@H](NC1CCN(Cc2ccccc2)CC1)C(=O)NCc1ccco1. The third kappa shape index (κ3) is 5.44. The molecule has 2 heterocycles. The maximum absolute atomic E-state index is 12.2. The van der Waals surface area contributed by atoms with Gasteiger partial charge in [0, 0.05) is 12.6 Å². The molecule has 0 saturated carbocycles. The monoisotopic (exact) mass is 341 g/mol. The molecule has 1 aromatic heterocycles. The summed E-state index contributed by atoms with van der Waals surface area (Å²) in [6.07, 6.45) is 3.76. The molecule has 1 aliphatic heterocycles. The van der Waals surface area contributed by atoms with Crippen molar-refractivity contribution in [2.24, 2.45) is 0 Å². The van der Waals surface area contributed by atoms with Gasteiger partial charge in [-0.05, 0) is 50.6 Å². The van der Waals surface area contributed by atoms with Crippen molar-refractivity contribution in [3.63, 3.8) is 0 Å². The zero-order valence-corrected chi connectivity index (χ0v) is 14.8. The van der Waals surface area contributed by atoms with Crippen LogP contribution in [0.25, 0.3) is 0 Å². The first-order chi connectivity index (χ1) is 12.2. The molecule has 2 aromatic rings. The van der Waals surface area contributed by atoms with Crippen molar-refractivity contribution < 1.29 is 9.21 Å². The largest absolute Gasteiger partial charge is 0.467 e. The number of benzene rings is 1. The molecule has 3 rings (SSSR count). The quantitative estimate of drug-likeness (QED) is 0.813. The molecule has 5 heteroatoms. The fraction of sp³-hybridized carbons (Fsp3) is 0.450. The Bertz CT molecular complexity index is 634. The molecule has 1 atom stereocenters. The minimum Gasteiger partial charge on any atom is -0.467 e. The van der Waals surface area contributed by atoms with Crippen LogP contribution < -0.4 is 10.6 Å². The topological polar surface area (TPSA) is 57.5 Å². The Labute approximate surface area is 149 Å². The maximum atomic E-state index is 12.2. The summed E-state index contributed by atoms with van der Waals surface area (Å²) in [5.41, 5.74) is 1.36. The van der Waals surface area contributed by atoms with Gasteiger partial charge in [-0.15, -0.1) is 0 Å². The van der Waals surface area contributed by atoms with Crippen LogP contribution in [0.4, 0.5) is 0 Å². The van der Waals surface area contributed by atoms with Crippen LogP contribution in [0.15, 0.2) is 53.1 Å². The molecule has 2 N–H and O–H groups in total. The molecule has 1 saturated heterocycles. The molecule has 0 radical (unpaired) electrons. The number of rotatable bonds is 7. The first-order valence-electron chi connectivity index (χ1n) is 9.03. The summed E-state index contributed by atoms with van der Waals surface area (Å²) in [6, 6.07) is 14.5. The van der Waals surface area contributed by atoms with Crippen LogP contribution in [0.2, 0.25) is 0 Å².